The monoisotopic (exact) mass is 517 g/mol. The molecule has 0 aliphatic heterocycles. The number of amides is 2. The summed E-state index contributed by atoms with van der Waals surface area (Å²) >= 11 is 6.87. The van der Waals surface area contributed by atoms with E-state index in [1.54, 1.807) is 0 Å². The van der Waals surface area contributed by atoms with Crippen molar-refractivity contribution >= 4 is 34.8 Å². The first-order chi connectivity index (χ1) is 16.1. The lowest BCUT2D eigenvalue weighted by atomic mass is 10.2. The average Bonchev–Trinajstić information content (AvgIpc) is 3.26. The van der Waals surface area contributed by atoms with Crippen LogP contribution in [0, 0.1) is 5.82 Å². The fraction of sp³-hybridized carbons (Fsp3) is 0.190. The van der Waals surface area contributed by atoms with Gasteiger partial charge in [-0.15, -0.1) is 24.5 Å². The molecule has 0 radical (unpaired) electrons. The molecule has 34 heavy (non-hydrogen) atoms. The van der Waals surface area contributed by atoms with Crippen LogP contribution in [0.3, 0.4) is 0 Å². The van der Waals surface area contributed by atoms with E-state index in [9.17, 15) is 27.2 Å². The lowest BCUT2D eigenvalue weighted by Crippen LogP contribution is -2.28. The molecule has 0 atom stereocenters. The smallest absolute Gasteiger partial charge is 0.484 e. The number of halogens is 5. The van der Waals surface area contributed by atoms with Gasteiger partial charge in [-0.2, -0.15) is 0 Å². The Morgan fingerprint density at radius 3 is 2.41 bits per heavy atom. The van der Waals surface area contributed by atoms with E-state index < -0.39 is 29.7 Å². The largest absolute Gasteiger partial charge is 0.573 e. The van der Waals surface area contributed by atoms with Gasteiger partial charge in [0.1, 0.15) is 28.0 Å². The Bertz CT molecular complexity index is 1160. The molecule has 0 bridgehead atoms. The molecule has 2 aromatic carbocycles. The van der Waals surface area contributed by atoms with Crippen LogP contribution in [0.4, 0.5) is 17.6 Å². The van der Waals surface area contributed by atoms with Crippen molar-refractivity contribution < 1.29 is 36.6 Å². The minimum atomic E-state index is -4.80. The lowest BCUT2D eigenvalue weighted by molar-refractivity contribution is -0.274. The van der Waals surface area contributed by atoms with Crippen molar-refractivity contribution in [3.05, 3.63) is 74.9 Å². The van der Waals surface area contributed by atoms with Gasteiger partial charge in [0.2, 0.25) is 0 Å². The zero-order chi connectivity index (χ0) is 24.7. The fourth-order valence-electron chi connectivity index (χ4n) is 2.53. The van der Waals surface area contributed by atoms with Gasteiger partial charge in [0, 0.05) is 11.9 Å². The third-order valence-electron chi connectivity index (χ3n) is 4.09. The van der Waals surface area contributed by atoms with Crippen LogP contribution in [0.15, 0.2) is 47.8 Å². The molecule has 3 rings (SSSR count). The van der Waals surface area contributed by atoms with Gasteiger partial charge in [-0.05, 0) is 42.0 Å². The second-order valence-electron chi connectivity index (χ2n) is 6.64. The summed E-state index contributed by atoms with van der Waals surface area (Å²) in [5.41, 5.74) is 0.768. The van der Waals surface area contributed by atoms with E-state index in [4.69, 9.17) is 16.3 Å². The molecule has 180 valence electrons. The van der Waals surface area contributed by atoms with E-state index in [2.05, 4.69) is 20.4 Å². The summed E-state index contributed by atoms with van der Waals surface area (Å²) in [7, 11) is 0. The third kappa shape index (κ3) is 7.89. The first kappa shape index (κ1) is 25.2. The van der Waals surface area contributed by atoms with E-state index in [1.807, 2.05) is 0 Å². The molecule has 2 amide bonds. The highest BCUT2D eigenvalue weighted by Crippen LogP contribution is 2.24. The van der Waals surface area contributed by atoms with Gasteiger partial charge in [-0.3, -0.25) is 9.59 Å². The highest BCUT2D eigenvalue weighted by Gasteiger charge is 2.31. The summed E-state index contributed by atoms with van der Waals surface area (Å²) in [6, 6.07) is 8.71. The quantitative estimate of drug-likeness (QED) is 0.409. The maximum absolute atomic E-state index is 13.2. The first-order valence-electron chi connectivity index (χ1n) is 9.51. The van der Waals surface area contributed by atoms with Gasteiger partial charge < -0.3 is 20.1 Å². The van der Waals surface area contributed by atoms with Crippen LogP contribution in [0.25, 0.3) is 0 Å². The van der Waals surface area contributed by atoms with Crippen LogP contribution >= 0.6 is 22.9 Å². The molecule has 0 saturated carbocycles. The molecule has 0 fully saturated rings. The predicted molar refractivity (Wildman–Crippen MR) is 115 cm³/mol. The minimum Gasteiger partial charge on any atom is -0.484 e. The van der Waals surface area contributed by atoms with Crippen molar-refractivity contribution in [3.63, 3.8) is 0 Å². The number of hydrogen-bond donors (Lipinski definition) is 2. The molecule has 2 N–H and O–H groups in total. The predicted octanol–water partition coefficient (Wildman–Crippen LogP) is 4.46. The van der Waals surface area contributed by atoms with Gasteiger partial charge in [0.15, 0.2) is 6.61 Å². The number of carbonyl (C=O) groups excluding carboxylic acids is 2. The van der Waals surface area contributed by atoms with Crippen LogP contribution < -0.4 is 20.1 Å². The van der Waals surface area contributed by atoms with Crippen molar-refractivity contribution in [3.8, 4) is 11.5 Å². The van der Waals surface area contributed by atoms with Gasteiger partial charge >= 0.3 is 6.36 Å². The van der Waals surface area contributed by atoms with E-state index in [0.717, 1.165) is 23.5 Å². The molecule has 7 nitrogen and oxygen atoms in total. The van der Waals surface area contributed by atoms with Crippen LogP contribution in [0.5, 0.6) is 11.5 Å². The van der Waals surface area contributed by atoms with Crippen LogP contribution in [-0.4, -0.2) is 29.8 Å². The number of benzene rings is 2. The number of nitrogens with one attached hydrogen (secondary N) is 2. The maximum Gasteiger partial charge on any atom is 0.573 e. The lowest BCUT2D eigenvalue weighted by Gasteiger charge is -2.10. The zero-order valence-electron chi connectivity index (χ0n) is 17.1. The SMILES string of the molecule is O=C(COc1ccc(OC(F)(F)F)cc1)NCc1nc(C(=O)NCc2ccc(F)c(Cl)c2)cs1. The second-order valence-corrected chi connectivity index (χ2v) is 7.99. The normalized spacial score (nSPS) is 11.1. The molecule has 0 aliphatic carbocycles. The first-order valence-corrected chi connectivity index (χ1v) is 10.8. The van der Waals surface area contributed by atoms with Crippen molar-refractivity contribution in [2.45, 2.75) is 19.5 Å². The van der Waals surface area contributed by atoms with Gasteiger partial charge in [0.05, 0.1) is 11.6 Å². The molecule has 3 aromatic rings. The van der Waals surface area contributed by atoms with Crippen molar-refractivity contribution in [2.75, 3.05) is 6.61 Å². The molecule has 0 saturated heterocycles. The average molecular weight is 518 g/mol. The number of thiazole rings is 1. The highest BCUT2D eigenvalue weighted by molar-refractivity contribution is 7.09. The molecule has 13 heteroatoms. The molecule has 1 aromatic heterocycles. The minimum absolute atomic E-state index is 0.0464. The van der Waals surface area contributed by atoms with Crippen molar-refractivity contribution in [2.24, 2.45) is 0 Å². The maximum atomic E-state index is 13.2. The number of carbonyl (C=O) groups is 2. The van der Waals surface area contributed by atoms with Crippen LogP contribution in [0.2, 0.25) is 5.02 Å². The zero-order valence-corrected chi connectivity index (χ0v) is 18.7. The van der Waals surface area contributed by atoms with Crippen LogP contribution in [0.1, 0.15) is 21.1 Å². The number of ether oxygens (including phenoxy) is 2. The molecule has 0 aliphatic rings. The Morgan fingerprint density at radius 1 is 1.03 bits per heavy atom. The van der Waals surface area contributed by atoms with E-state index >= 15 is 0 Å². The Kier molecular flexibility index (Phi) is 8.29. The number of nitrogens with zero attached hydrogens (tertiary/aromatic N) is 1. The highest BCUT2D eigenvalue weighted by atomic mass is 35.5. The van der Waals surface area contributed by atoms with Gasteiger partial charge in [-0.1, -0.05) is 17.7 Å². The van der Waals surface area contributed by atoms with Crippen LogP contribution in [-0.2, 0) is 17.9 Å². The van der Waals surface area contributed by atoms with E-state index in [-0.39, 0.29) is 36.2 Å². The van der Waals surface area contributed by atoms with E-state index in [1.165, 1.54) is 35.7 Å². The Balaban J connectivity index is 1.41. The molecular weight excluding hydrogens is 502 g/mol. The fourth-order valence-corrected chi connectivity index (χ4v) is 3.45. The summed E-state index contributed by atoms with van der Waals surface area (Å²) in [4.78, 5) is 28.3. The molecule has 1 heterocycles. The number of aromatic nitrogens is 1. The van der Waals surface area contributed by atoms with E-state index in [0.29, 0.717) is 10.6 Å². The Labute approximate surface area is 199 Å². The van der Waals surface area contributed by atoms with Gasteiger partial charge in [-0.25, -0.2) is 9.37 Å². The second kappa shape index (κ2) is 11.2. The number of hydrogen-bond acceptors (Lipinski definition) is 6. The summed E-state index contributed by atoms with van der Waals surface area (Å²) < 4.78 is 58.6. The summed E-state index contributed by atoms with van der Waals surface area (Å²) in [5, 5.41) is 7.15. The topological polar surface area (TPSA) is 89.6 Å². The summed E-state index contributed by atoms with van der Waals surface area (Å²) in [5.74, 6) is -1.72. The molecular formula is C21H16ClF4N3O4S. The molecule has 0 spiro atoms. The van der Waals surface area contributed by atoms with Gasteiger partial charge in [0.25, 0.3) is 11.8 Å². The third-order valence-corrected chi connectivity index (χ3v) is 5.22. The Morgan fingerprint density at radius 2 is 1.74 bits per heavy atom. The Hall–Kier alpha value is -3.38. The van der Waals surface area contributed by atoms with Crippen molar-refractivity contribution in [1.82, 2.24) is 15.6 Å². The summed E-state index contributed by atoms with van der Waals surface area (Å²) in [6.45, 7) is -0.201. The van der Waals surface area contributed by atoms with Crippen molar-refractivity contribution in [1.29, 1.82) is 0 Å². The number of alkyl halides is 3. The molecule has 0 unspecified atom stereocenters. The standard InChI is InChI=1S/C21H16ClF4N3O4S/c22-15-7-12(1-6-16(15)23)8-28-20(31)17-11-34-19(29-17)9-27-18(30)10-32-13-2-4-14(5-3-13)33-21(24,25)26/h1-7,11H,8-10H2,(H,27,30)(H,28,31). The number of rotatable bonds is 9. The summed E-state index contributed by atoms with van der Waals surface area (Å²) in [6.07, 6.45) is -4.80.